The molecule has 52 heavy (non-hydrogen) atoms. The second kappa shape index (κ2) is 14.0. The fourth-order valence-electron chi connectivity index (χ4n) is 5.42. The lowest BCUT2D eigenvalue weighted by Gasteiger charge is -2.08. The standard InChI is InChI=1S/C10H11N3O2.C9H11N3O.2C8H8N2O2/c1-12-7-4-3-6(11)5-8(7)13(2)10(15)9(12)14;1-11-7-4-3-6(10)5-8(7)12(2)9(11)13;1-10-6-4-5(9)2-3-7(6)12-8(10)11;1-10-6-3-2-5(9)4-7(6)12-8(10)11/h3-5H,11H2,1-2H3;3-5H,10H2,1-2H3;2*2-4H,9H2,1H3. The van der Waals surface area contributed by atoms with E-state index in [1.54, 1.807) is 118 Å². The lowest BCUT2D eigenvalue weighted by atomic mass is 10.2. The summed E-state index contributed by atoms with van der Waals surface area (Å²) in [4.78, 5) is 56.5. The molecule has 4 aromatic carbocycles. The highest BCUT2D eigenvalue weighted by atomic mass is 16.4. The van der Waals surface area contributed by atoms with Gasteiger partial charge in [0.2, 0.25) is 0 Å². The van der Waals surface area contributed by atoms with E-state index in [9.17, 15) is 24.0 Å². The number of rotatable bonds is 0. The highest BCUT2D eigenvalue weighted by molar-refractivity contribution is 5.80. The Morgan fingerprint density at radius 3 is 1.31 bits per heavy atom. The van der Waals surface area contributed by atoms with Gasteiger partial charge in [0.05, 0.1) is 33.1 Å². The molecule has 0 amide bonds. The molecule has 8 rings (SSSR count). The van der Waals surface area contributed by atoms with Crippen LogP contribution >= 0.6 is 0 Å². The Bertz CT molecular complexity index is 2930. The van der Waals surface area contributed by atoms with E-state index in [0.29, 0.717) is 44.9 Å². The summed E-state index contributed by atoms with van der Waals surface area (Å²) in [6.07, 6.45) is 0. The molecule has 0 atom stereocenters. The number of nitrogens with two attached hydrogens (primary N) is 4. The zero-order valence-corrected chi connectivity index (χ0v) is 29.3. The van der Waals surface area contributed by atoms with Crippen molar-refractivity contribution in [3.63, 3.8) is 0 Å². The first-order chi connectivity index (χ1) is 24.5. The summed E-state index contributed by atoms with van der Waals surface area (Å²) in [7, 11) is 9.93. The Morgan fingerprint density at radius 2 is 0.750 bits per heavy atom. The van der Waals surface area contributed by atoms with Crippen molar-refractivity contribution >= 4 is 67.0 Å². The van der Waals surface area contributed by atoms with E-state index >= 15 is 0 Å². The minimum Gasteiger partial charge on any atom is -0.408 e. The average molecular weight is 711 g/mol. The second-order valence-electron chi connectivity index (χ2n) is 11.9. The fourth-order valence-corrected chi connectivity index (χ4v) is 5.42. The van der Waals surface area contributed by atoms with Crippen molar-refractivity contribution in [2.45, 2.75) is 0 Å². The molecule has 0 unspecified atom stereocenters. The van der Waals surface area contributed by atoms with E-state index in [1.165, 1.54) is 18.3 Å². The smallest absolute Gasteiger partial charge is 0.408 e. The van der Waals surface area contributed by atoms with Gasteiger partial charge in [-0.25, -0.2) is 14.4 Å². The van der Waals surface area contributed by atoms with Crippen LogP contribution in [-0.4, -0.2) is 27.4 Å². The summed E-state index contributed by atoms with van der Waals surface area (Å²) in [5, 5.41) is 0. The lowest BCUT2D eigenvalue weighted by molar-refractivity contribution is 0.528. The van der Waals surface area contributed by atoms with Gasteiger partial charge in [-0.1, -0.05) is 0 Å². The van der Waals surface area contributed by atoms with Gasteiger partial charge in [-0.3, -0.25) is 27.9 Å². The molecule has 0 spiro atoms. The Hall–Kier alpha value is -7.17. The number of aromatic nitrogens is 6. The van der Waals surface area contributed by atoms with Gasteiger partial charge in [0.25, 0.3) is 0 Å². The lowest BCUT2D eigenvalue weighted by Crippen LogP contribution is -2.39. The zero-order chi connectivity index (χ0) is 38.2. The minimum absolute atomic E-state index is 0.0272. The topological polar surface area (TPSA) is 245 Å². The summed E-state index contributed by atoms with van der Waals surface area (Å²) in [6, 6.07) is 20.8. The summed E-state index contributed by atoms with van der Waals surface area (Å²) < 4.78 is 18.5. The van der Waals surface area contributed by atoms with E-state index in [2.05, 4.69) is 0 Å². The third-order valence-corrected chi connectivity index (χ3v) is 8.44. The quantitative estimate of drug-likeness (QED) is 0.130. The van der Waals surface area contributed by atoms with E-state index in [4.69, 9.17) is 31.8 Å². The fraction of sp³-hybridized carbons (Fsp3) is 0.171. The first-order valence-corrected chi connectivity index (χ1v) is 15.6. The maximum Gasteiger partial charge on any atom is 0.419 e. The minimum atomic E-state index is -0.546. The molecule has 8 aromatic rings. The van der Waals surface area contributed by atoms with E-state index < -0.39 is 11.1 Å². The number of fused-ring (bicyclic) bond motifs is 4. The first kappa shape index (κ1) is 36.1. The van der Waals surface area contributed by atoms with Gasteiger partial charge in [-0.15, -0.1) is 0 Å². The molecule has 0 fully saturated rings. The molecule has 0 aliphatic rings. The molecule has 270 valence electrons. The number of aryl methyl sites for hydroxylation is 6. The summed E-state index contributed by atoms with van der Waals surface area (Å²) in [5.74, 6) is -0.730. The molecular formula is C35H38N10O7. The van der Waals surface area contributed by atoms with Gasteiger partial charge in [0.1, 0.15) is 0 Å². The number of benzene rings is 4. The van der Waals surface area contributed by atoms with Gasteiger partial charge in [0.15, 0.2) is 11.2 Å². The van der Waals surface area contributed by atoms with E-state index in [0.717, 1.165) is 22.1 Å². The molecule has 0 radical (unpaired) electrons. The molecule has 0 aliphatic carbocycles. The number of nitrogen functional groups attached to an aromatic ring is 4. The van der Waals surface area contributed by atoms with E-state index in [-0.39, 0.29) is 17.2 Å². The third-order valence-electron chi connectivity index (χ3n) is 8.44. The molecule has 0 bridgehead atoms. The molecule has 17 nitrogen and oxygen atoms in total. The number of hydrogen-bond acceptors (Lipinski definition) is 11. The molecule has 4 heterocycles. The van der Waals surface area contributed by atoms with Gasteiger partial charge in [-0.05, 0) is 66.7 Å². The van der Waals surface area contributed by atoms with Gasteiger partial charge >= 0.3 is 28.3 Å². The van der Waals surface area contributed by atoms with Gasteiger partial charge < -0.3 is 40.9 Å². The zero-order valence-electron chi connectivity index (χ0n) is 29.3. The molecule has 0 saturated carbocycles. The van der Waals surface area contributed by atoms with Crippen LogP contribution in [-0.2, 0) is 42.3 Å². The van der Waals surface area contributed by atoms with Crippen LogP contribution in [0.25, 0.3) is 44.3 Å². The number of hydrogen-bond donors (Lipinski definition) is 4. The maximum atomic E-state index is 11.5. The van der Waals surface area contributed by atoms with Crippen LogP contribution in [0, 0.1) is 0 Å². The Morgan fingerprint density at radius 1 is 0.385 bits per heavy atom. The van der Waals surface area contributed by atoms with Gasteiger partial charge in [-0.2, -0.15) is 0 Å². The normalized spacial score (nSPS) is 10.8. The van der Waals surface area contributed by atoms with Crippen molar-refractivity contribution in [3.05, 3.63) is 125 Å². The van der Waals surface area contributed by atoms with Crippen LogP contribution in [0.5, 0.6) is 0 Å². The predicted molar refractivity (Wildman–Crippen MR) is 203 cm³/mol. The van der Waals surface area contributed by atoms with Crippen LogP contribution < -0.4 is 51.3 Å². The largest absolute Gasteiger partial charge is 0.419 e. The van der Waals surface area contributed by atoms with Crippen LogP contribution in [0.4, 0.5) is 22.7 Å². The van der Waals surface area contributed by atoms with Crippen LogP contribution in [0.15, 0.2) is 106 Å². The number of nitrogens with zero attached hydrogens (tertiary/aromatic N) is 6. The Balaban J connectivity index is 0.000000135. The second-order valence-corrected chi connectivity index (χ2v) is 11.9. The van der Waals surface area contributed by atoms with Crippen LogP contribution in [0.3, 0.4) is 0 Å². The predicted octanol–water partition coefficient (Wildman–Crippen LogP) is 1.71. The molecule has 8 N–H and O–H groups in total. The molecule has 0 aliphatic heterocycles. The van der Waals surface area contributed by atoms with Gasteiger partial charge in [0, 0.05) is 71.1 Å². The first-order valence-electron chi connectivity index (χ1n) is 15.6. The Labute approximate surface area is 293 Å². The molecular weight excluding hydrogens is 672 g/mol. The van der Waals surface area contributed by atoms with Crippen LogP contribution in [0.2, 0.25) is 0 Å². The van der Waals surface area contributed by atoms with E-state index in [1.807, 2.05) is 6.07 Å². The number of anilines is 4. The highest BCUT2D eigenvalue weighted by Crippen LogP contribution is 2.17. The third kappa shape index (κ3) is 6.82. The highest BCUT2D eigenvalue weighted by Gasteiger charge is 2.09. The SMILES string of the molecule is Cn1c(=O)c(=O)n(C)c2cc(N)ccc21.Cn1c(=O)n(C)c2cc(N)ccc21.Cn1c(=O)oc2cc(N)ccc21.Cn1c(=O)oc2ccc(N)cc21. The van der Waals surface area contributed by atoms with Crippen molar-refractivity contribution in [2.24, 2.45) is 42.3 Å². The van der Waals surface area contributed by atoms with Crippen molar-refractivity contribution in [1.82, 2.24) is 27.4 Å². The van der Waals surface area contributed by atoms with Crippen molar-refractivity contribution in [1.29, 1.82) is 0 Å². The Kier molecular flexibility index (Phi) is 9.71. The van der Waals surface area contributed by atoms with Crippen molar-refractivity contribution < 1.29 is 8.83 Å². The summed E-state index contributed by atoms with van der Waals surface area (Å²) >= 11 is 0. The number of oxazole rings is 2. The van der Waals surface area contributed by atoms with Crippen LogP contribution in [0.1, 0.15) is 0 Å². The van der Waals surface area contributed by atoms with Crippen molar-refractivity contribution in [3.8, 4) is 0 Å². The summed E-state index contributed by atoms with van der Waals surface area (Å²) in [6.45, 7) is 0. The maximum absolute atomic E-state index is 11.5. The summed E-state index contributed by atoms with van der Waals surface area (Å²) in [5.41, 5.74) is 29.4. The average Bonchev–Trinajstić information content (AvgIpc) is 3.64. The van der Waals surface area contributed by atoms with Crippen molar-refractivity contribution in [2.75, 3.05) is 22.9 Å². The molecule has 4 aromatic heterocycles. The monoisotopic (exact) mass is 710 g/mol. The molecule has 0 saturated heterocycles. The molecule has 17 heteroatoms. The number of imidazole rings is 1.